The summed E-state index contributed by atoms with van der Waals surface area (Å²) in [5, 5.41) is 0. The molecule has 2 rings (SSSR count). The number of hydrogen-bond donors (Lipinski definition) is 0. The maximum absolute atomic E-state index is 13.0. The molecular weight excluding hydrogens is 368 g/mol. The second-order valence-corrected chi connectivity index (χ2v) is 8.08. The molecule has 0 fully saturated rings. The largest absolute Gasteiger partial charge is 0.493 e. The standard InChI is InChI=1S/C19H24N2O5S/c1-20(2)16-10-6-8-14(12-16)19(22)21(27(5,23)24)13-15-9-7-11-17(25-3)18(15)26-4/h6-12H,13H2,1-5H3. The monoisotopic (exact) mass is 392 g/mol. The van der Waals surface area contributed by atoms with Crippen molar-refractivity contribution in [3.05, 3.63) is 53.6 Å². The summed E-state index contributed by atoms with van der Waals surface area (Å²) < 4.78 is 36.1. The van der Waals surface area contributed by atoms with Gasteiger partial charge in [0.25, 0.3) is 5.91 Å². The molecule has 0 radical (unpaired) electrons. The van der Waals surface area contributed by atoms with Crippen LogP contribution in [-0.4, -0.2) is 53.2 Å². The van der Waals surface area contributed by atoms with Crippen molar-refractivity contribution in [1.29, 1.82) is 0 Å². The van der Waals surface area contributed by atoms with Crippen molar-refractivity contribution in [2.75, 3.05) is 39.5 Å². The Morgan fingerprint density at radius 1 is 1.04 bits per heavy atom. The Labute approximate surface area is 160 Å². The van der Waals surface area contributed by atoms with E-state index >= 15 is 0 Å². The number of nitrogens with zero attached hydrogens (tertiary/aromatic N) is 2. The van der Waals surface area contributed by atoms with Gasteiger partial charge in [0.2, 0.25) is 10.0 Å². The summed E-state index contributed by atoms with van der Waals surface area (Å²) in [6, 6.07) is 11.9. The van der Waals surface area contributed by atoms with E-state index in [1.54, 1.807) is 36.4 Å². The fraction of sp³-hybridized carbons (Fsp3) is 0.316. The third-order valence-corrected chi connectivity index (χ3v) is 5.13. The topological polar surface area (TPSA) is 76.2 Å². The van der Waals surface area contributed by atoms with Crippen LogP contribution in [0.4, 0.5) is 5.69 Å². The highest BCUT2D eigenvalue weighted by Gasteiger charge is 2.27. The van der Waals surface area contributed by atoms with E-state index in [4.69, 9.17) is 9.47 Å². The van der Waals surface area contributed by atoms with Gasteiger partial charge in [-0.3, -0.25) is 4.79 Å². The Kier molecular flexibility index (Phi) is 6.32. The number of benzene rings is 2. The van der Waals surface area contributed by atoms with Crippen LogP contribution in [0.15, 0.2) is 42.5 Å². The first-order chi connectivity index (χ1) is 12.7. The first-order valence-electron chi connectivity index (χ1n) is 8.18. The third-order valence-electron chi connectivity index (χ3n) is 4.03. The van der Waals surface area contributed by atoms with Gasteiger partial charge in [0, 0.05) is 30.9 Å². The van der Waals surface area contributed by atoms with Gasteiger partial charge < -0.3 is 14.4 Å². The highest BCUT2D eigenvalue weighted by molar-refractivity contribution is 7.88. The van der Waals surface area contributed by atoms with E-state index in [1.807, 2.05) is 25.1 Å². The molecule has 8 heteroatoms. The zero-order chi connectivity index (χ0) is 20.2. The van der Waals surface area contributed by atoms with Gasteiger partial charge in [-0.05, 0) is 24.3 Å². The van der Waals surface area contributed by atoms with E-state index < -0.39 is 15.9 Å². The normalized spacial score (nSPS) is 11.0. The van der Waals surface area contributed by atoms with Gasteiger partial charge in [0.1, 0.15) is 0 Å². The van der Waals surface area contributed by atoms with Gasteiger partial charge >= 0.3 is 0 Å². The molecule has 2 aromatic rings. The maximum Gasteiger partial charge on any atom is 0.267 e. The molecule has 0 heterocycles. The van der Waals surface area contributed by atoms with Crippen molar-refractivity contribution < 1.29 is 22.7 Å². The number of amides is 1. The molecule has 0 aliphatic carbocycles. The molecule has 0 aliphatic heterocycles. The second-order valence-electron chi connectivity index (χ2n) is 6.17. The lowest BCUT2D eigenvalue weighted by atomic mass is 10.1. The predicted molar refractivity (Wildman–Crippen MR) is 105 cm³/mol. The number of ether oxygens (including phenoxy) is 2. The molecule has 0 atom stereocenters. The van der Waals surface area contributed by atoms with Crippen LogP contribution in [0, 0.1) is 0 Å². The zero-order valence-electron chi connectivity index (χ0n) is 16.1. The SMILES string of the molecule is COc1cccc(CN(C(=O)c2cccc(N(C)C)c2)S(C)(=O)=O)c1OC. The summed E-state index contributed by atoms with van der Waals surface area (Å²) in [6.45, 7) is -0.162. The molecule has 1 amide bonds. The average molecular weight is 392 g/mol. The lowest BCUT2D eigenvalue weighted by Crippen LogP contribution is -2.35. The number of para-hydroxylation sites is 1. The first kappa shape index (κ1) is 20.6. The number of anilines is 1. The Morgan fingerprint density at radius 3 is 2.26 bits per heavy atom. The van der Waals surface area contributed by atoms with Gasteiger partial charge in [-0.1, -0.05) is 18.2 Å². The quantitative estimate of drug-likeness (QED) is 0.720. The maximum atomic E-state index is 13.0. The van der Waals surface area contributed by atoms with E-state index in [2.05, 4.69) is 0 Å². The van der Waals surface area contributed by atoms with Crippen LogP contribution < -0.4 is 14.4 Å². The molecule has 146 valence electrons. The molecule has 0 spiro atoms. The van der Waals surface area contributed by atoms with Crippen LogP contribution >= 0.6 is 0 Å². The highest BCUT2D eigenvalue weighted by Crippen LogP contribution is 2.32. The third kappa shape index (κ3) is 4.71. The summed E-state index contributed by atoms with van der Waals surface area (Å²) >= 11 is 0. The zero-order valence-corrected chi connectivity index (χ0v) is 16.9. The van der Waals surface area contributed by atoms with Gasteiger partial charge in [-0.25, -0.2) is 12.7 Å². The lowest BCUT2D eigenvalue weighted by Gasteiger charge is -2.23. The first-order valence-corrected chi connectivity index (χ1v) is 10.0. The molecule has 0 saturated heterocycles. The van der Waals surface area contributed by atoms with Crippen LogP contribution in [0.3, 0.4) is 0 Å². The van der Waals surface area contributed by atoms with Gasteiger partial charge in [0.05, 0.1) is 27.0 Å². The van der Waals surface area contributed by atoms with E-state index in [-0.39, 0.29) is 12.1 Å². The average Bonchev–Trinajstić information content (AvgIpc) is 2.64. The molecule has 0 unspecified atom stereocenters. The number of sulfonamides is 1. The van der Waals surface area contributed by atoms with Crippen LogP contribution in [-0.2, 0) is 16.6 Å². The van der Waals surface area contributed by atoms with Gasteiger partial charge in [-0.15, -0.1) is 0 Å². The summed E-state index contributed by atoms with van der Waals surface area (Å²) in [5.41, 5.74) is 1.61. The molecule has 2 aromatic carbocycles. The van der Waals surface area contributed by atoms with Gasteiger partial charge in [-0.2, -0.15) is 0 Å². The molecule has 0 bridgehead atoms. The van der Waals surface area contributed by atoms with Crippen molar-refractivity contribution in [3.8, 4) is 11.5 Å². The second kappa shape index (κ2) is 8.30. The molecule has 0 aliphatic rings. The van der Waals surface area contributed by atoms with E-state index in [0.717, 1.165) is 16.2 Å². The fourth-order valence-electron chi connectivity index (χ4n) is 2.63. The van der Waals surface area contributed by atoms with Crippen molar-refractivity contribution >= 4 is 21.6 Å². The Balaban J connectivity index is 2.46. The fourth-order valence-corrected chi connectivity index (χ4v) is 3.41. The predicted octanol–water partition coefficient (Wildman–Crippen LogP) is 2.37. The molecule has 0 aromatic heterocycles. The van der Waals surface area contributed by atoms with E-state index in [1.165, 1.54) is 14.2 Å². The van der Waals surface area contributed by atoms with Crippen molar-refractivity contribution in [2.24, 2.45) is 0 Å². The Hall–Kier alpha value is -2.74. The van der Waals surface area contributed by atoms with Crippen molar-refractivity contribution in [3.63, 3.8) is 0 Å². The Morgan fingerprint density at radius 2 is 1.70 bits per heavy atom. The Bertz CT molecular complexity index is 925. The van der Waals surface area contributed by atoms with Crippen LogP contribution in [0.2, 0.25) is 0 Å². The minimum absolute atomic E-state index is 0.162. The van der Waals surface area contributed by atoms with Crippen LogP contribution in [0.5, 0.6) is 11.5 Å². The number of hydrogen-bond acceptors (Lipinski definition) is 6. The van der Waals surface area contributed by atoms with Crippen LogP contribution in [0.25, 0.3) is 0 Å². The summed E-state index contributed by atoms with van der Waals surface area (Å²) in [6.07, 6.45) is 1.01. The van der Waals surface area contributed by atoms with Crippen molar-refractivity contribution in [2.45, 2.75) is 6.54 Å². The number of methoxy groups -OCH3 is 2. The lowest BCUT2D eigenvalue weighted by molar-refractivity contribution is 0.0855. The van der Waals surface area contributed by atoms with Crippen molar-refractivity contribution in [1.82, 2.24) is 4.31 Å². The molecule has 7 nitrogen and oxygen atoms in total. The number of carbonyl (C=O) groups excluding carboxylic acids is 1. The number of carbonyl (C=O) groups is 1. The van der Waals surface area contributed by atoms with Crippen LogP contribution in [0.1, 0.15) is 15.9 Å². The highest BCUT2D eigenvalue weighted by atomic mass is 32.2. The minimum Gasteiger partial charge on any atom is -0.493 e. The summed E-state index contributed by atoms with van der Waals surface area (Å²) in [4.78, 5) is 14.8. The molecule has 0 saturated carbocycles. The summed E-state index contributed by atoms with van der Waals surface area (Å²) in [5.74, 6) is 0.250. The minimum atomic E-state index is -3.81. The smallest absolute Gasteiger partial charge is 0.267 e. The summed E-state index contributed by atoms with van der Waals surface area (Å²) in [7, 11) is 2.84. The van der Waals surface area contributed by atoms with E-state index in [0.29, 0.717) is 17.1 Å². The van der Waals surface area contributed by atoms with Gasteiger partial charge in [0.15, 0.2) is 11.5 Å². The molecule has 0 N–H and O–H groups in total. The molecular formula is C19H24N2O5S. The number of rotatable bonds is 7. The van der Waals surface area contributed by atoms with E-state index in [9.17, 15) is 13.2 Å². The molecule has 27 heavy (non-hydrogen) atoms.